The van der Waals surface area contributed by atoms with Gasteiger partial charge in [0, 0.05) is 5.02 Å². The molecule has 0 bridgehead atoms. The van der Waals surface area contributed by atoms with Crippen LogP contribution in [-0.4, -0.2) is 11.1 Å². The summed E-state index contributed by atoms with van der Waals surface area (Å²) < 4.78 is 56.2. The maximum absolute atomic E-state index is 13.2. The molecule has 22 heavy (non-hydrogen) atoms. The Morgan fingerprint density at radius 1 is 1.05 bits per heavy atom. The van der Waals surface area contributed by atoms with Gasteiger partial charge in [0.15, 0.2) is 6.10 Å². The Labute approximate surface area is 129 Å². The van der Waals surface area contributed by atoms with Crippen molar-refractivity contribution in [3.05, 3.63) is 65.2 Å². The van der Waals surface area contributed by atoms with Crippen LogP contribution in [0.3, 0.4) is 0 Å². The fourth-order valence-corrected chi connectivity index (χ4v) is 3.09. The highest BCUT2D eigenvalue weighted by atomic mass is 35.5. The van der Waals surface area contributed by atoms with E-state index in [4.69, 9.17) is 11.6 Å². The molecule has 8 heteroatoms. The lowest BCUT2D eigenvalue weighted by atomic mass is 10.1. The van der Waals surface area contributed by atoms with Gasteiger partial charge in [-0.2, -0.15) is 13.2 Å². The Kier molecular flexibility index (Phi) is 4.97. The van der Waals surface area contributed by atoms with E-state index < -0.39 is 19.9 Å². The fraction of sp³-hybridized carbons (Fsp3) is 0.143. The Balaban J connectivity index is 2.36. The first-order valence-corrected chi connectivity index (χ1v) is 8.05. The molecule has 0 aliphatic heterocycles. The minimum atomic E-state index is -4.85. The summed E-state index contributed by atoms with van der Waals surface area (Å²) in [6.07, 6.45) is -7.37. The molecule has 0 aromatic heterocycles. The summed E-state index contributed by atoms with van der Waals surface area (Å²) in [6.45, 7) is 0. The van der Waals surface area contributed by atoms with Gasteiger partial charge in [0.05, 0.1) is 5.30 Å². The van der Waals surface area contributed by atoms with E-state index in [-0.39, 0.29) is 15.9 Å². The largest absolute Gasteiger partial charge is 0.419 e. The first-order valence-electron chi connectivity index (χ1n) is 6.09. The molecule has 1 unspecified atom stereocenters. The highest BCUT2D eigenvalue weighted by Crippen LogP contribution is 2.50. The Bertz CT molecular complexity index is 674. The van der Waals surface area contributed by atoms with Gasteiger partial charge < -0.3 is 4.89 Å². The Morgan fingerprint density at radius 3 is 2.09 bits per heavy atom. The van der Waals surface area contributed by atoms with E-state index in [9.17, 15) is 22.6 Å². The number of rotatable bonds is 4. The zero-order valence-electron chi connectivity index (χ0n) is 11.0. The Morgan fingerprint density at radius 2 is 1.59 bits per heavy atom. The maximum atomic E-state index is 13.2. The van der Waals surface area contributed by atoms with Gasteiger partial charge in [-0.15, -0.1) is 0 Å². The molecule has 2 aromatic carbocycles. The summed E-state index contributed by atoms with van der Waals surface area (Å²) in [4.78, 5) is 9.84. The van der Waals surface area contributed by atoms with Gasteiger partial charge >= 0.3 is 13.8 Å². The van der Waals surface area contributed by atoms with Gasteiger partial charge in [-0.05, 0) is 29.8 Å². The van der Waals surface area contributed by atoms with Crippen molar-refractivity contribution in [3.8, 4) is 0 Å². The first-order chi connectivity index (χ1) is 10.2. The zero-order chi connectivity index (χ0) is 16.4. The molecule has 0 aliphatic rings. The average Bonchev–Trinajstić information content (AvgIpc) is 2.46. The van der Waals surface area contributed by atoms with Gasteiger partial charge in [-0.25, -0.2) is 0 Å². The molecule has 0 heterocycles. The number of hydrogen-bond donors (Lipinski definition) is 1. The first kappa shape index (κ1) is 17.0. The number of hydrogen-bond acceptors (Lipinski definition) is 2. The molecule has 1 N–H and O–H groups in total. The van der Waals surface area contributed by atoms with Crippen molar-refractivity contribution >= 4 is 24.5 Å². The van der Waals surface area contributed by atoms with E-state index in [1.54, 1.807) is 6.07 Å². The highest BCUT2D eigenvalue weighted by molar-refractivity contribution is 7.61. The molecule has 0 spiro atoms. The van der Waals surface area contributed by atoms with Crippen LogP contribution in [0.5, 0.6) is 0 Å². The molecule has 2 atom stereocenters. The smallest absolute Gasteiger partial charge is 0.321 e. The highest BCUT2D eigenvalue weighted by Gasteiger charge is 2.46. The molecule has 0 saturated heterocycles. The van der Waals surface area contributed by atoms with Gasteiger partial charge in [0.2, 0.25) is 0 Å². The van der Waals surface area contributed by atoms with Crippen LogP contribution < -0.4 is 5.30 Å². The van der Waals surface area contributed by atoms with Crippen molar-refractivity contribution in [1.29, 1.82) is 0 Å². The van der Waals surface area contributed by atoms with E-state index in [0.29, 0.717) is 0 Å². The van der Waals surface area contributed by atoms with Crippen LogP contribution in [0.4, 0.5) is 13.2 Å². The van der Waals surface area contributed by atoms with Crippen LogP contribution >= 0.6 is 19.2 Å². The molecule has 0 saturated carbocycles. The van der Waals surface area contributed by atoms with Gasteiger partial charge in [0.1, 0.15) is 0 Å². The fourth-order valence-electron chi connectivity index (χ4n) is 1.77. The average molecular weight is 351 g/mol. The van der Waals surface area contributed by atoms with Crippen molar-refractivity contribution in [2.75, 3.05) is 0 Å². The maximum Gasteiger partial charge on any atom is 0.419 e. The van der Waals surface area contributed by atoms with Crippen LogP contribution in [-0.2, 0) is 9.09 Å². The molecule has 2 aromatic rings. The molecule has 0 amide bonds. The third kappa shape index (κ3) is 4.11. The monoisotopic (exact) mass is 350 g/mol. The lowest BCUT2D eigenvalue weighted by Crippen LogP contribution is -2.24. The quantitative estimate of drug-likeness (QED) is 0.827. The molecule has 3 nitrogen and oxygen atoms in total. The predicted octanol–water partition coefficient (Wildman–Crippen LogP) is 4.47. The van der Waals surface area contributed by atoms with Crippen molar-refractivity contribution in [2.24, 2.45) is 0 Å². The topological polar surface area (TPSA) is 46.5 Å². The predicted molar refractivity (Wildman–Crippen MR) is 77.2 cm³/mol. The molecular formula is C14H11ClF3O3P. The van der Waals surface area contributed by atoms with E-state index in [2.05, 4.69) is 4.52 Å². The second-order valence-corrected chi connectivity index (χ2v) is 6.64. The Hall–Kier alpha value is -1.33. The molecule has 0 radical (unpaired) electrons. The molecule has 2 rings (SSSR count). The summed E-state index contributed by atoms with van der Waals surface area (Å²) in [5.74, 6) is 0. The number of alkyl halides is 3. The van der Waals surface area contributed by atoms with Crippen molar-refractivity contribution < 1.29 is 27.2 Å². The van der Waals surface area contributed by atoms with Crippen molar-refractivity contribution in [3.63, 3.8) is 0 Å². The van der Waals surface area contributed by atoms with Crippen LogP contribution in [0, 0.1) is 0 Å². The zero-order valence-corrected chi connectivity index (χ0v) is 12.6. The van der Waals surface area contributed by atoms with E-state index in [0.717, 1.165) is 12.1 Å². The standard InChI is InChI=1S/C14H11ClF3O3P/c15-11-8-6-10(7-9-11)13(14(16,17)18)21-22(19,20)12-4-2-1-3-5-12/h1-9,13H,(H,19,20)/t13-/m1/s1. The number of benzene rings is 2. The molecule has 0 fully saturated rings. The van der Waals surface area contributed by atoms with Crippen molar-refractivity contribution in [2.45, 2.75) is 12.3 Å². The summed E-state index contributed by atoms with van der Waals surface area (Å²) in [5, 5.41) is 0.0399. The van der Waals surface area contributed by atoms with Gasteiger partial charge in [0.25, 0.3) is 0 Å². The number of halogens is 4. The minimum absolute atomic E-state index is 0.210. The third-order valence-corrected chi connectivity index (χ3v) is 4.50. The molecular weight excluding hydrogens is 340 g/mol. The van der Waals surface area contributed by atoms with E-state index >= 15 is 0 Å². The van der Waals surface area contributed by atoms with Gasteiger partial charge in [-0.1, -0.05) is 41.9 Å². The lowest BCUT2D eigenvalue weighted by molar-refractivity contribution is -0.199. The van der Waals surface area contributed by atoms with Crippen LogP contribution in [0.1, 0.15) is 11.7 Å². The second kappa shape index (κ2) is 6.42. The van der Waals surface area contributed by atoms with E-state index in [1.165, 1.54) is 36.4 Å². The summed E-state index contributed by atoms with van der Waals surface area (Å²) >= 11 is 5.63. The normalized spacial score (nSPS) is 16.0. The second-order valence-electron chi connectivity index (χ2n) is 4.43. The minimum Gasteiger partial charge on any atom is -0.321 e. The summed E-state index contributed by atoms with van der Waals surface area (Å²) in [6, 6.07) is 11.6. The van der Waals surface area contributed by atoms with Crippen LogP contribution in [0.2, 0.25) is 5.02 Å². The van der Waals surface area contributed by atoms with Crippen LogP contribution in [0.25, 0.3) is 0 Å². The van der Waals surface area contributed by atoms with Crippen LogP contribution in [0.15, 0.2) is 54.6 Å². The molecule has 0 aliphatic carbocycles. The summed E-state index contributed by atoms with van der Waals surface area (Å²) in [5.41, 5.74) is -0.304. The molecule has 118 valence electrons. The van der Waals surface area contributed by atoms with Crippen molar-refractivity contribution in [1.82, 2.24) is 0 Å². The van der Waals surface area contributed by atoms with Gasteiger partial charge in [-0.3, -0.25) is 9.09 Å². The summed E-state index contributed by atoms with van der Waals surface area (Å²) in [7, 11) is -4.63. The lowest BCUT2D eigenvalue weighted by Gasteiger charge is -2.24. The van der Waals surface area contributed by atoms with E-state index in [1.807, 2.05) is 0 Å². The SMILES string of the molecule is O=P(O)(O[C@H](c1ccc(Cl)cc1)C(F)(F)F)c1ccccc1. The third-order valence-electron chi connectivity index (χ3n) is 2.80.